The molecule has 0 aliphatic rings. The van der Waals surface area contributed by atoms with Gasteiger partial charge in [-0.05, 0) is 64.0 Å². The summed E-state index contributed by atoms with van der Waals surface area (Å²) in [7, 11) is 0. The van der Waals surface area contributed by atoms with Crippen molar-refractivity contribution in [2.75, 3.05) is 0 Å². The van der Waals surface area contributed by atoms with Crippen molar-refractivity contribution in [3.05, 3.63) is 47.6 Å². The summed E-state index contributed by atoms with van der Waals surface area (Å²) < 4.78 is 47.1. The SMILES string of the molecule is C=C(C)CCC(C)=C(F)F.C=C(CC)CCC(C)=C(F)F.CC. The van der Waals surface area contributed by atoms with E-state index >= 15 is 0 Å². The maximum atomic E-state index is 11.8. The van der Waals surface area contributed by atoms with Gasteiger partial charge in [0, 0.05) is 0 Å². The number of rotatable bonds is 7. The van der Waals surface area contributed by atoms with Crippen molar-refractivity contribution in [1.82, 2.24) is 0 Å². The first-order chi connectivity index (χ1) is 10.6. The molecule has 0 nitrogen and oxygen atoms in total. The molecular weight excluding hydrogens is 304 g/mol. The zero-order chi connectivity index (χ0) is 19.0. The Bertz CT molecular complexity index is 396. The molecule has 0 N–H and O–H groups in total. The summed E-state index contributed by atoms with van der Waals surface area (Å²) >= 11 is 0. The predicted molar refractivity (Wildman–Crippen MR) is 93.9 cm³/mol. The van der Waals surface area contributed by atoms with E-state index in [0.717, 1.165) is 17.6 Å². The van der Waals surface area contributed by atoms with E-state index in [1.54, 1.807) is 0 Å². The van der Waals surface area contributed by atoms with E-state index in [2.05, 4.69) is 13.2 Å². The average molecular weight is 336 g/mol. The van der Waals surface area contributed by atoms with Crippen molar-refractivity contribution >= 4 is 0 Å². The Hall–Kier alpha value is -1.32. The molecule has 23 heavy (non-hydrogen) atoms. The van der Waals surface area contributed by atoms with E-state index in [4.69, 9.17) is 0 Å². The Morgan fingerprint density at radius 2 is 1.04 bits per heavy atom. The van der Waals surface area contributed by atoms with Gasteiger partial charge in [0.25, 0.3) is 12.2 Å². The Morgan fingerprint density at radius 1 is 0.696 bits per heavy atom. The molecule has 0 aromatic carbocycles. The minimum atomic E-state index is -1.55. The molecule has 0 aromatic rings. The standard InChI is InChI=1S/C9H14F2.C8H12F2.C2H6/c1-4-7(2)5-6-8(3)9(10)11;1-6(2)4-5-7(3)8(9)10;1-2/h2,4-6H2,1,3H3;1,4-5H2,2-3H3;1-2H3. The third-order valence-electron chi connectivity index (χ3n) is 2.93. The molecule has 0 aromatic heterocycles. The van der Waals surface area contributed by atoms with Gasteiger partial charge in [0.15, 0.2) is 0 Å². The lowest BCUT2D eigenvalue weighted by molar-refractivity contribution is 0.407. The lowest BCUT2D eigenvalue weighted by atomic mass is 10.1. The van der Waals surface area contributed by atoms with Crippen LogP contribution in [0.3, 0.4) is 0 Å². The highest BCUT2D eigenvalue weighted by Gasteiger charge is 2.00. The minimum absolute atomic E-state index is 0.169. The fourth-order valence-corrected chi connectivity index (χ4v) is 1.13. The van der Waals surface area contributed by atoms with E-state index in [9.17, 15) is 17.6 Å². The van der Waals surface area contributed by atoms with Crippen LogP contribution in [0.25, 0.3) is 0 Å². The van der Waals surface area contributed by atoms with Crippen molar-refractivity contribution in [2.24, 2.45) is 0 Å². The molecule has 0 spiro atoms. The topological polar surface area (TPSA) is 0 Å². The van der Waals surface area contributed by atoms with Gasteiger partial charge in [0.1, 0.15) is 0 Å². The molecule has 0 rings (SSSR count). The summed E-state index contributed by atoms with van der Waals surface area (Å²) in [5, 5.41) is 0. The fourth-order valence-electron chi connectivity index (χ4n) is 1.13. The average Bonchev–Trinajstić information content (AvgIpc) is 2.51. The van der Waals surface area contributed by atoms with E-state index in [1.807, 2.05) is 27.7 Å². The first-order valence-electron chi connectivity index (χ1n) is 7.94. The maximum Gasteiger partial charge on any atom is 0.269 e. The second kappa shape index (κ2) is 17.0. The fraction of sp³-hybridized carbons (Fsp3) is 0.579. The Balaban J connectivity index is -0.000000315. The summed E-state index contributed by atoms with van der Waals surface area (Å²) in [6.07, 6.45) is -0.0216. The molecule has 0 heterocycles. The molecule has 0 bridgehead atoms. The highest BCUT2D eigenvalue weighted by molar-refractivity contribution is 5.03. The summed E-state index contributed by atoms with van der Waals surface area (Å²) in [5.74, 6) is 0. The first-order valence-corrected chi connectivity index (χ1v) is 7.94. The lowest BCUT2D eigenvalue weighted by Gasteiger charge is -2.00. The van der Waals surface area contributed by atoms with Gasteiger partial charge in [-0.15, -0.1) is 6.58 Å². The third kappa shape index (κ3) is 20.7. The molecule has 0 radical (unpaired) electrons. The maximum absolute atomic E-state index is 11.8. The van der Waals surface area contributed by atoms with Crippen LogP contribution in [0, 0.1) is 0 Å². The van der Waals surface area contributed by atoms with Crippen LogP contribution in [-0.4, -0.2) is 0 Å². The molecule has 0 aliphatic heterocycles. The predicted octanol–water partition coefficient (Wildman–Crippen LogP) is 8.44. The van der Waals surface area contributed by atoms with Gasteiger partial charge >= 0.3 is 0 Å². The summed E-state index contributed by atoms with van der Waals surface area (Å²) in [4.78, 5) is 0. The van der Waals surface area contributed by atoms with Crippen molar-refractivity contribution < 1.29 is 17.6 Å². The third-order valence-corrected chi connectivity index (χ3v) is 2.93. The zero-order valence-electron chi connectivity index (χ0n) is 15.5. The highest BCUT2D eigenvalue weighted by atomic mass is 19.3. The Labute approximate surface area is 139 Å². The number of allylic oxidation sites excluding steroid dienone is 4. The van der Waals surface area contributed by atoms with Crippen molar-refractivity contribution in [3.8, 4) is 0 Å². The van der Waals surface area contributed by atoms with Crippen LogP contribution in [0.5, 0.6) is 0 Å². The van der Waals surface area contributed by atoms with Gasteiger partial charge < -0.3 is 0 Å². The Morgan fingerprint density at radius 3 is 1.30 bits per heavy atom. The van der Waals surface area contributed by atoms with Crippen LogP contribution in [0.1, 0.15) is 73.6 Å². The molecule has 4 heteroatoms. The molecular formula is C19H32F4. The van der Waals surface area contributed by atoms with Crippen LogP contribution in [0.15, 0.2) is 47.6 Å². The van der Waals surface area contributed by atoms with Crippen LogP contribution in [0.2, 0.25) is 0 Å². The smallest absolute Gasteiger partial charge is 0.173 e. The minimum Gasteiger partial charge on any atom is -0.173 e. The number of hydrogen-bond donors (Lipinski definition) is 0. The molecule has 136 valence electrons. The number of halogens is 4. The zero-order valence-corrected chi connectivity index (χ0v) is 15.5. The number of hydrogen-bond acceptors (Lipinski definition) is 0. The van der Waals surface area contributed by atoms with Gasteiger partial charge in [0.05, 0.1) is 0 Å². The quantitative estimate of drug-likeness (QED) is 0.323. The van der Waals surface area contributed by atoms with E-state index < -0.39 is 12.2 Å². The second-order valence-corrected chi connectivity index (χ2v) is 5.14. The van der Waals surface area contributed by atoms with Gasteiger partial charge in [-0.25, -0.2) is 0 Å². The molecule has 0 fully saturated rings. The normalized spacial score (nSPS) is 8.78. The second-order valence-electron chi connectivity index (χ2n) is 5.14. The largest absolute Gasteiger partial charge is 0.269 e. The van der Waals surface area contributed by atoms with Crippen LogP contribution in [-0.2, 0) is 0 Å². The molecule has 0 saturated heterocycles. The summed E-state index contributed by atoms with van der Waals surface area (Å²) in [6.45, 7) is 18.1. The van der Waals surface area contributed by atoms with E-state index in [-0.39, 0.29) is 11.1 Å². The van der Waals surface area contributed by atoms with E-state index in [1.165, 1.54) is 13.8 Å². The molecule has 0 unspecified atom stereocenters. The van der Waals surface area contributed by atoms with Crippen LogP contribution < -0.4 is 0 Å². The highest BCUT2D eigenvalue weighted by Crippen LogP contribution is 2.17. The molecule has 0 saturated carbocycles. The first kappa shape index (κ1) is 26.6. The lowest BCUT2D eigenvalue weighted by Crippen LogP contribution is -1.83. The molecule has 0 aliphatic carbocycles. The van der Waals surface area contributed by atoms with Gasteiger partial charge in [-0.2, -0.15) is 17.6 Å². The van der Waals surface area contributed by atoms with Gasteiger partial charge in [0.2, 0.25) is 0 Å². The van der Waals surface area contributed by atoms with Gasteiger partial charge in [-0.1, -0.05) is 38.5 Å². The summed E-state index contributed by atoms with van der Waals surface area (Å²) in [6, 6.07) is 0. The van der Waals surface area contributed by atoms with Crippen molar-refractivity contribution in [2.45, 2.75) is 73.6 Å². The summed E-state index contributed by atoms with van der Waals surface area (Å²) in [5.41, 5.74) is 2.33. The van der Waals surface area contributed by atoms with Crippen LogP contribution in [0.4, 0.5) is 17.6 Å². The van der Waals surface area contributed by atoms with Crippen molar-refractivity contribution in [3.63, 3.8) is 0 Å². The molecule has 0 amide bonds. The monoisotopic (exact) mass is 336 g/mol. The molecule has 0 atom stereocenters. The van der Waals surface area contributed by atoms with Crippen molar-refractivity contribution in [1.29, 1.82) is 0 Å². The van der Waals surface area contributed by atoms with Crippen LogP contribution >= 0.6 is 0 Å². The van der Waals surface area contributed by atoms with E-state index in [0.29, 0.717) is 25.7 Å². The Kier molecular flexibility index (Phi) is 19.7. The van der Waals surface area contributed by atoms with Gasteiger partial charge in [-0.3, -0.25) is 0 Å².